The summed E-state index contributed by atoms with van der Waals surface area (Å²) < 4.78 is 5.29. The number of nitrogens with one attached hydrogen (secondary N) is 1. The summed E-state index contributed by atoms with van der Waals surface area (Å²) in [5.41, 5.74) is 0.272. The molecule has 1 aliphatic rings. The first-order chi connectivity index (χ1) is 8.28. The van der Waals surface area contributed by atoms with E-state index >= 15 is 0 Å². The van der Waals surface area contributed by atoms with Gasteiger partial charge in [-0.3, -0.25) is 4.99 Å². The SMILES string of the molecule is CCC1(CC)CSC(=NCCc2ccco2)N1. The molecule has 0 atom stereocenters. The molecule has 1 N–H and O–H groups in total. The molecule has 2 rings (SSSR count). The molecule has 1 saturated heterocycles. The van der Waals surface area contributed by atoms with E-state index in [1.807, 2.05) is 23.9 Å². The van der Waals surface area contributed by atoms with Crippen molar-refractivity contribution in [1.29, 1.82) is 0 Å². The van der Waals surface area contributed by atoms with Crippen LogP contribution in [0, 0.1) is 0 Å². The van der Waals surface area contributed by atoms with E-state index in [1.165, 1.54) is 0 Å². The van der Waals surface area contributed by atoms with Crippen LogP contribution in [0.5, 0.6) is 0 Å². The molecule has 0 unspecified atom stereocenters. The fourth-order valence-electron chi connectivity index (χ4n) is 1.94. The minimum atomic E-state index is 0.272. The van der Waals surface area contributed by atoms with Gasteiger partial charge in [-0.2, -0.15) is 0 Å². The van der Waals surface area contributed by atoms with Crippen molar-refractivity contribution in [2.75, 3.05) is 12.3 Å². The lowest BCUT2D eigenvalue weighted by atomic mass is 9.96. The molecule has 4 heteroatoms. The van der Waals surface area contributed by atoms with E-state index < -0.39 is 0 Å². The monoisotopic (exact) mass is 252 g/mol. The molecule has 0 amide bonds. The third-order valence-electron chi connectivity index (χ3n) is 3.40. The van der Waals surface area contributed by atoms with Crippen LogP contribution in [0.25, 0.3) is 0 Å². The topological polar surface area (TPSA) is 37.5 Å². The molecular formula is C13H20N2OS. The highest BCUT2D eigenvalue weighted by Gasteiger charge is 2.33. The summed E-state index contributed by atoms with van der Waals surface area (Å²) in [4.78, 5) is 4.60. The number of rotatable bonds is 5. The fraction of sp³-hybridized carbons (Fsp3) is 0.615. The smallest absolute Gasteiger partial charge is 0.157 e. The summed E-state index contributed by atoms with van der Waals surface area (Å²) in [5, 5.41) is 4.66. The molecule has 1 aromatic heterocycles. The number of amidine groups is 1. The van der Waals surface area contributed by atoms with Crippen molar-refractivity contribution in [1.82, 2.24) is 5.32 Å². The Hall–Kier alpha value is -0.900. The van der Waals surface area contributed by atoms with Crippen LogP contribution in [0.3, 0.4) is 0 Å². The predicted molar refractivity (Wildman–Crippen MR) is 73.6 cm³/mol. The molecule has 94 valence electrons. The molecule has 17 heavy (non-hydrogen) atoms. The van der Waals surface area contributed by atoms with Gasteiger partial charge in [-0.1, -0.05) is 25.6 Å². The maximum atomic E-state index is 5.29. The largest absolute Gasteiger partial charge is 0.469 e. The van der Waals surface area contributed by atoms with Crippen LogP contribution in [0.15, 0.2) is 27.8 Å². The van der Waals surface area contributed by atoms with Crippen LogP contribution in [-0.4, -0.2) is 23.0 Å². The van der Waals surface area contributed by atoms with E-state index in [0.717, 1.165) is 42.5 Å². The molecule has 0 spiro atoms. The third kappa shape index (κ3) is 3.06. The Morgan fingerprint density at radius 2 is 2.29 bits per heavy atom. The highest BCUT2D eigenvalue weighted by atomic mass is 32.2. The van der Waals surface area contributed by atoms with Crippen LogP contribution in [-0.2, 0) is 6.42 Å². The number of hydrogen-bond acceptors (Lipinski definition) is 3. The van der Waals surface area contributed by atoms with Gasteiger partial charge in [-0.05, 0) is 25.0 Å². The van der Waals surface area contributed by atoms with Crippen molar-refractivity contribution in [3.05, 3.63) is 24.2 Å². The Labute approximate surface area is 107 Å². The predicted octanol–water partition coefficient (Wildman–Crippen LogP) is 3.07. The average Bonchev–Trinajstić information content (AvgIpc) is 2.99. The van der Waals surface area contributed by atoms with Gasteiger partial charge in [-0.15, -0.1) is 0 Å². The molecule has 0 radical (unpaired) electrons. The van der Waals surface area contributed by atoms with Gasteiger partial charge in [0, 0.05) is 24.3 Å². The first-order valence-electron chi connectivity index (χ1n) is 6.26. The number of nitrogens with zero attached hydrogens (tertiary/aromatic N) is 1. The second-order valence-corrected chi connectivity index (χ2v) is 5.38. The zero-order chi connectivity index (χ0) is 12.1. The molecule has 1 aliphatic heterocycles. The highest BCUT2D eigenvalue weighted by Crippen LogP contribution is 2.28. The van der Waals surface area contributed by atoms with Crippen LogP contribution >= 0.6 is 11.8 Å². The van der Waals surface area contributed by atoms with E-state index in [9.17, 15) is 0 Å². The Morgan fingerprint density at radius 3 is 2.88 bits per heavy atom. The van der Waals surface area contributed by atoms with Gasteiger partial charge in [-0.25, -0.2) is 0 Å². The van der Waals surface area contributed by atoms with Crippen molar-refractivity contribution in [2.45, 2.75) is 38.6 Å². The lowest BCUT2D eigenvalue weighted by Crippen LogP contribution is -2.42. The molecule has 2 heterocycles. The van der Waals surface area contributed by atoms with E-state index in [1.54, 1.807) is 6.26 Å². The Kier molecular flexibility index (Phi) is 4.15. The van der Waals surface area contributed by atoms with Crippen molar-refractivity contribution in [3.8, 4) is 0 Å². The zero-order valence-corrected chi connectivity index (χ0v) is 11.3. The molecule has 1 fully saturated rings. The van der Waals surface area contributed by atoms with Crippen LogP contribution in [0.1, 0.15) is 32.4 Å². The standard InChI is InChI=1S/C13H20N2OS/c1-3-13(4-2)10-17-12(15-13)14-8-7-11-6-5-9-16-11/h5-6,9H,3-4,7-8,10H2,1-2H3,(H,14,15). The second kappa shape index (κ2) is 5.63. The van der Waals surface area contributed by atoms with Gasteiger partial charge in [0.1, 0.15) is 5.76 Å². The minimum absolute atomic E-state index is 0.272. The summed E-state index contributed by atoms with van der Waals surface area (Å²) in [7, 11) is 0. The van der Waals surface area contributed by atoms with Gasteiger partial charge in [0.05, 0.1) is 6.26 Å². The van der Waals surface area contributed by atoms with Crippen LogP contribution in [0.2, 0.25) is 0 Å². The van der Waals surface area contributed by atoms with E-state index in [2.05, 4.69) is 24.2 Å². The maximum absolute atomic E-state index is 5.29. The highest BCUT2D eigenvalue weighted by molar-refractivity contribution is 8.14. The van der Waals surface area contributed by atoms with Gasteiger partial charge in [0.15, 0.2) is 5.17 Å². The van der Waals surface area contributed by atoms with E-state index in [4.69, 9.17) is 4.42 Å². The van der Waals surface area contributed by atoms with Crippen LogP contribution < -0.4 is 5.32 Å². The molecule has 0 saturated carbocycles. The van der Waals surface area contributed by atoms with Crippen molar-refractivity contribution >= 4 is 16.9 Å². The molecule has 0 aromatic carbocycles. The number of hydrogen-bond donors (Lipinski definition) is 1. The Bertz CT molecular complexity index is 369. The van der Waals surface area contributed by atoms with Crippen molar-refractivity contribution < 1.29 is 4.42 Å². The van der Waals surface area contributed by atoms with Crippen molar-refractivity contribution in [3.63, 3.8) is 0 Å². The normalized spacial score (nSPS) is 20.7. The molecule has 0 bridgehead atoms. The third-order valence-corrected chi connectivity index (χ3v) is 4.61. The van der Waals surface area contributed by atoms with Gasteiger partial charge >= 0.3 is 0 Å². The lowest BCUT2D eigenvalue weighted by Gasteiger charge is -2.25. The molecule has 3 nitrogen and oxygen atoms in total. The maximum Gasteiger partial charge on any atom is 0.157 e. The van der Waals surface area contributed by atoms with E-state index in [-0.39, 0.29) is 5.54 Å². The fourth-order valence-corrected chi connectivity index (χ4v) is 3.31. The quantitative estimate of drug-likeness (QED) is 0.875. The first-order valence-corrected chi connectivity index (χ1v) is 7.24. The summed E-state index contributed by atoms with van der Waals surface area (Å²) in [6.07, 6.45) is 4.91. The van der Waals surface area contributed by atoms with Crippen molar-refractivity contribution in [2.24, 2.45) is 4.99 Å². The summed E-state index contributed by atoms with van der Waals surface area (Å²) in [6.45, 7) is 5.28. The minimum Gasteiger partial charge on any atom is -0.469 e. The lowest BCUT2D eigenvalue weighted by molar-refractivity contribution is 0.407. The van der Waals surface area contributed by atoms with Crippen LogP contribution in [0.4, 0.5) is 0 Å². The number of aliphatic imine (C=N–C) groups is 1. The number of furan rings is 1. The molecular weight excluding hydrogens is 232 g/mol. The zero-order valence-electron chi connectivity index (χ0n) is 10.5. The van der Waals surface area contributed by atoms with Gasteiger partial charge < -0.3 is 9.73 Å². The second-order valence-electron chi connectivity index (χ2n) is 4.42. The van der Waals surface area contributed by atoms with E-state index in [0.29, 0.717) is 0 Å². The average molecular weight is 252 g/mol. The summed E-state index contributed by atoms with van der Waals surface area (Å²) >= 11 is 1.84. The summed E-state index contributed by atoms with van der Waals surface area (Å²) in [6, 6.07) is 3.92. The van der Waals surface area contributed by atoms with Gasteiger partial charge in [0.25, 0.3) is 0 Å². The Morgan fingerprint density at radius 1 is 1.47 bits per heavy atom. The number of thioether (sulfide) groups is 1. The van der Waals surface area contributed by atoms with Gasteiger partial charge in [0.2, 0.25) is 0 Å². The Balaban J connectivity index is 1.84. The summed E-state index contributed by atoms with van der Waals surface area (Å²) in [5.74, 6) is 2.15. The molecule has 0 aliphatic carbocycles. The molecule has 1 aromatic rings. The first kappa shape index (κ1) is 12.6.